The Hall–Kier alpha value is -1.56. The van der Waals surface area contributed by atoms with E-state index in [4.69, 9.17) is 0 Å². The molecule has 3 aliphatic rings. The van der Waals surface area contributed by atoms with Gasteiger partial charge >= 0.3 is 6.03 Å². The zero-order chi connectivity index (χ0) is 16.5. The highest BCUT2D eigenvalue weighted by molar-refractivity contribution is 5.74. The molecule has 2 N–H and O–H groups in total. The maximum atomic E-state index is 12.8. The van der Waals surface area contributed by atoms with Crippen molar-refractivity contribution >= 4 is 6.03 Å². The first kappa shape index (κ1) is 15.9. The summed E-state index contributed by atoms with van der Waals surface area (Å²) >= 11 is 0. The molecule has 132 valence electrons. The van der Waals surface area contributed by atoms with Gasteiger partial charge in [-0.15, -0.1) is 0 Å². The van der Waals surface area contributed by atoms with Crippen molar-refractivity contribution < 1.29 is 9.90 Å². The quantitative estimate of drug-likeness (QED) is 0.872. The van der Waals surface area contributed by atoms with Gasteiger partial charge in [0.2, 0.25) is 0 Å². The zero-order valence-electron chi connectivity index (χ0n) is 14.2. The summed E-state index contributed by atoms with van der Waals surface area (Å²) in [6.07, 6.45) is 11.3. The molecule has 1 aromatic rings. The molecule has 0 aromatic carbocycles. The summed E-state index contributed by atoms with van der Waals surface area (Å²) in [5, 5.41) is 18.0. The molecule has 6 heteroatoms. The van der Waals surface area contributed by atoms with Gasteiger partial charge < -0.3 is 15.3 Å². The topological polar surface area (TPSA) is 70.4 Å². The van der Waals surface area contributed by atoms with Gasteiger partial charge in [-0.25, -0.2) is 4.79 Å². The van der Waals surface area contributed by atoms with Crippen LogP contribution in [0.3, 0.4) is 0 Å². The van der Waals surface area contributed by atoms with E-state index in [1.54, 1.807) is 6.20 Å². The number of aliphatic hydroxyl groups is 1. The van der Waals surface area contributed by atoms with Gasteiger partial charge in [-0.2, -0.15) is 5.10 Å². The molecule has 2 amide bonds. The number of carbonyl (C=O) groups is 1. The minimum absolute atomic E-state index is 0.0443. The normalized spacial score (nSPS) is 36.4. The number of aliphatic hydroxyl groups excluding tert-OH is 1. The Morgan fingerprint density at radius 2 is 1.83 bits per heavy atom. The van der Waals surface area contributed by atoms with Gasteiger partial charge in [-0.3, -0.25) is 4.68 Å². The fourth-order valence-corrected chi connectivity index (χ4v) is 4.90. The lowest BCUT2D eigenvalue weighted by Gasteiger charge is -2.45. The lowest BCUT2D eigenvalue weighted by atomic mass is 9.75. The maximum Gasteiger partial charge on any atom is 0.317 e. The zero-order valence-corrected chi connectivity index (χ0v) is 14.2. The molecule has 1 aliphatic heterocycles. The molecule has 2 saturated carbocycles. The number of carbonyl (C=O) groups excluding carboxylic acids is 1. The Bertz CT molecular complexity index is 547. The van der Waals surface area contributed by atoms with Crippen molar-refractivity contribution in [1.29, 1.82) is 0 Å². The molecule has 0 radical (unpaired) electrons. The van der Waals surface area contributed by atoms with E-state index in [1.165, 1.54) is 12.8 Å². The van der Waals surface area contributed by atoms with Crippen LogP contribution in [0, 0.1) is 11.8 Å². The monoisotopic (exact) mass is 332 g/mol. The van der Waals surface area contributed by atoms with Gasteiger partial charge in [0.15, 0.2) is 0 Å². The predicted octanol–water partition coefficient (Wildman–Crippen LogP) is 2.17. The average Bonchev–Trinajstić information content (AvgIpc) is 3.09. The van der Waals surface area contributed by atoms with Crippen LogP contribution in [-0.2, 0) is 0 Å². The van der Waals surface area contributed by atoms with E-state index in [0.717, 1.165) is 32.1 Å². The second-order valence-corrected chi connectivity index (χ2v) is 7.74. The predicted molar refractivity (Wildman–Crippen MR) is 90.5 cm³/mol. The van der Waals surface area contributed by atoms with Crippen molar-refractivity contribution in [2.24, 2.45) is 11.8 Å². The van der Waals surface area contributed by atoms with Gasteiger partial charge in [0, 0.05) is 37.3 Å². The third kappa shape index (κ3) is 3.04. The van der Waals surface area contributed by atoms with Crippen LogP contribution in [0.25, 0.3) is 0 Å². The molecule has 1 saturated heterocycles. The van der Waals surface area contributed by atoms with Crippen LogP contribution in [0.4, 0.5) is 4.79 Å². The van der Waals surface area contributed by atoms with E-state index in [2.05, 4.69) is 10.4 Å². The van der Waals surface area contributed by atoms with Crippen molar-refractivity contribution in [3.8, 4) is 0 Å². The molecule has 24 heavy (non-hydrogen) atoms. The third-order valence-electron chi connectivity index (χ3n) is 6.22. The molecule has 2 aliphatic carbocycles. The maximum absolute atomic E-state index is 12.8. The number of urea groups is 1. The lowest BCUT2D eigenvalue weighted by molar-refractivity contribution is -0.0372. The number of piperidine rings is 1. The molecule has 0 spiro atoms. The molecule has 4 rings (SSSR count). The molecule has 2 bridgehead atoms. The highest BCUT2D eigenvalue weighted by atomic mass is 16.3. The van der Waals surface area contributed by atoms with E-state index >= 15 is 0 Å². The van der Waals surface area contributed by atoms with Crippen LogP contribution in [0.15, 0.2) is 18.5 Å². The Morgan fingerprint density at radius 3 is 2.54 bits per heavy atom. The SMILES string of the molecule is O=C(N[C@@H]1CCCC[C@@H]1n1cccn1)N1C[C@H]2CCC[C@@H](C1)C2O. The summed E-state index contributed by atoms with van der Waals surface area (Å²) in [5.74, 6) is 0.521. The number of hydrogen-bond donors (Lipinski definition) is 2. The molecule has 1 aromatic heterocycles. The summed E-state index contributed by atoms with van der Waals surface area (Å²) in [7, 11) is 0. The molecule has 2 heterocycles. The van der Waals surface area contributed by atoms with Crippen LogP contribution in [-0.4, -0.2) is 51.1 Å². The summed E-state index contributed by atoms with van der Waals surface area (Å²) in [6, 6.07) is 2.40. The van der Waals surface area contributed by atoms with Crippen molar-refractivity contribution in [1.82, 2.24) is 20.0 Å². The van der Waals surface area contributed by atoms with Gasteiger partial charge in [-0.1, -0.05) is 19.3 Å². The van der Waals surface area contributed by atoms with E-state index < -0.39 is 0 Å². The van der Waals surface area contributed by atoms with E-state index in [1.807, 2.05) is 21.8 Å². The van der Waals surface area contributed by atoms with Crippen molar-refractivity contribution in [2.75, 3.05) is 13.1 Å². The van der Waals surface area contributed by atoms with E-state index in [0.29, 0.717) is 13.1 Å². The number of rotatable bonds is 2. The van der Waals surface area contributed by atoms with Gasteiger partial charge in [0.1, 0.15) is 0 Å². The first-order chi connectivity index (χ1) is 11.7. The van der Waals surface area contributed by atoms with Crippen LogP contribution < -0.4 is 5.32 Å². The molecular formula is C18H28N4O2. The van der Waals surface area contributed by atoms with Crippen LogP contribution in [0.1, 0.15) is 51.0 Å². The van der Waals surface area contributed by atoms with Crippen LogP contribution in [0.2, 0.25) is 0 Å². The standard InChI is InChI=1S/C18H28N4O2/c23-17-13-5-3-6-14(17)12-21(11-13)18(24)20-15-7-1-2-8-16(15)22-10-4-9-19-22/h4,9-10,13-17,23H,1-3,5-8,11-12H2,(H,20,24)/t13-,14+,15-,16+,17?/m1/s1. The Labute approximate surface area is 143 Å². The Balaban J connectivity index is 1.41. The number of nitrogens with one attached hydrogen (secondary N) is 1. The van der Waals surface area contributed by atoms with Crippen molar-refractivity contribution in [3.63, 3.8) is 0 Å². The first-order valence-electron chi connectivity index (χ1n) is 9.45. The molecule has 6 nitrogen and oxygen atoms in total. The van der Waals surface area contributed by atoms with Crippen LogP contribution >= 0.6 is 0 Å². The van der Waals surface area contributed by atoms with Crippen LogP contribution in [0.5, 0.6) is 0 Å². The van der Waals surface area contributed by atoms with Gasteiger partial charge in [0.05, 0.1) is 18.2 Å². The summed E-state index contributed by atoms with van der Waals surface area (Å²) in [4.78, 5) is 14.8. The Morgan fingerprint density at radius 1 is 1.08 bits per heavy atom. The minimum atomic E-state index is -0.214. The molecule has 3 fully saturated rings. The fourth-order valence-electron chi connectivity index (χ4n) is 4.90. The number of likely N-dealkylation sites (tertiary alicyclic amines) is 1. The van der Waals surface area contributed by atoms with Crippen molar-refractivity contribution in [2.45, 2.75) is 63.1 Å². The smallest absolute Gasteiger partial charge is 0.317 e. The molecule has 5 atom stereocenters. The lowest BCUT2D eigenvalue weighted by Crippen LogP contribution is -2.57. The first-order valence-corrected chi connectivity index (χ1v) is 9.45. The summed E-state index contributed by atoms with van der Waals surface area (Å²) in [5.41, 5.74) is 0. The number of aromatic nitrogens is 2. The number of amides is 2. The highest BCUT2D eigenvalue weighted by Gasteiger charge is 2.40. The van der Waals surface area contributed by atoms with E-state index in [-0.39, 0.29) is 36.1 Å². The number of hydrogen-bond acceptors (Lipinski definition) is 3. The average molecular weight is 332 g/mol. The largest absolute Gasteiger partial charge is 0.392 e. The van der Waals surface area contributed by atoms with E-state index in [9.17, 15) is 9.90 Å². The number of fused-ring (bicyclic) bond motifs is 2. The van der Waals surface area contributed by atoms with Gasteiger partial charge in [-0.05, 0) is 31.7 Å². The summed E-state index contributed by atoms with van der Waals surface area (Å²) in [6.45, 7) is 1.39. The second-order valence-electron chi connectivity index (χ2n) is 7.74. The fraction of sp³-hybridized carbons (Fsp3) is 0.778. The summed E-state index contributed by atoms with van der Waals surface area (Å²) < 4.78 is 2.00. The van der Waals surface area contributed by atoms with Crippen molar-refractivity contribution in [3.05, 3.63) is 18.5 Å². The minimum Gasteiger partial charge on any atom is -0.392 e. The third-order valence-corrected chi connectivity index (χ3v) is 6.22. The second kappa shape index (κ2) is 6.75. The molecule has 1 unspecified atom stereocenters. The molecular weight excluding hydrogens is 304 g/mol. The highest BCUT2D eigenvalue weighted by Crippen LogP contribution is 2.35. The number of nitrogens with zero attached hydrogens (tertiary/aromatic N) is 3. The van der Waals surface area contributed by atoms with Gasteiger partial charge in [0.25, 0.3) is 0 Å². The Kier molecular flexibility index (Phi) is 4.48.